The Labute approximate surface area is 114 Å². The van der Waals surface area contributed by atoms with E-state index in [1.807, 2.05) is 0 Å². The summed E-state index contributed by atoms with van der Waals surface area (Å²) in [6.45, 7) is 2.09. The molecule has 1 aromatic carbocycles. The van der Waals surface area contributed by atoms with Gasteiger partial charge in [0.15, 0.2) is 0 Å². The number of benzene rings is 1. The van der Waals surface area contributed by atoms with Crippen molar-refractivity contribution in [3.63, 3.8) is 0 Å². The molecule has 0 aliphatic carbocycles. The molecule has 0 fully saturated rings. The average Bonchev–Trinajstić information content (AvgIpc) is 2.44. The maximum absolute atomic E-state index is 13.2. The van der Waals surface area contributed by atoms with Crippen LogP contribution in [-0.2, 0) is 0 Å². The van der Waals surface area contributed by atoms with Gasteiger partial charge in [-0.1, -0.05) is 0 Å². The third kappa shape index (κ3) is 2.74. The molecule has 0 radical (unpaired) electrons. The van der Waals surface area contributed by atoms with Crippen molar-refractivity contribution in [3.05, 3.63) is 53.7 Å². The Morgan fingerprint density at radius 2 is 1.90 bits per heavy atom. The summed E-state index contributed by atoms with van der Waals surface area (Å²) >= 11 is 0. The van der Waals surface area contributed by atoms with Gasteiger partial charge < -0.3 is 10.6 Å². The molecule has 0 saturated heterocycles. The van der Waals surface area contributed by atoms with Crippen LogP contribution in [-0.4, -0.2) is 17.4 Å². The van der Waals surface area contributed by atoms with E-state index in [-0.39, 0.29) is 11.4 Å². The number of hydrogen-bond acceptors (Lipinski definition) is 3. The fraction of sp³-hybridized carbons (Fsp3) is 0.143. The molecule has 2 rings (SSSR count). The SMILES string of the molecule is CCN(C(=O)c1cc(F)cnc1N)c1ccc(F)cc1. The largest absolute Gasteiger partial charge is 0.383 e. The molecular weight excluding hydrogens is 264 g/mol. The third-order valence-corrected chi connectivity index (χ3v) is 2.82. The number of amides is 1. The minimum atomic E-state index is -0.641. The van der Waals surface area contributed by atoms with E-state index in [9.17, 15) is 13.6 Å². The zero-order valence-corrected chi connectivity index (χ0v) is 10.8. The molecule has 6 heteroatoms. The van der Waals surface area contributed by atoms with Crippen molar-refractivity contribution in [2.75, 3.05) is 17.2 Å². The van der Waals surface area contributed by atoms with Crippen LogP contribution < -0.4 is 10.6 Å². The first-order valence-corrected chi connectivity index (χ1v) is 6.01. The quantitative estimate of drug-likeness (QED) is 0.938. The molecule has 4 nitrogen and oxygen atoms in total. The van der Waals surface area contributed by atoms with E-state index in [4.69, 9.17) is 5.73 Å². The van der Waals surface area contributed by atoms with E-state index in [2.05, 4.69) is 4.98 Å². The highest BCUT2D eigenvalue weighted by Gasteiger charge is 2.19. The highest BCUT2D eigenvalue weighted by molar-refractivity contribution is 6.08. The number of pyridine rings is 1. The van der Waals surface area contributed by atoms with Gasteiger partial charge in [-0.3, -0.25) is 4.79 Å². The van der Waals surface area contributed by atoms with Crippen LogP contribution in [0.3, 0.4) is 0 Å². The first kappa shape index (κ1) is 13.9. The summed E-state index contributed by atoms with van der Waals surface area (Å²) in [4.78, 5) is 17.4. The lowest BCUT2D eigenvalue weighted by atomic mass is 10.2. The molecule has 1 aromatic heterocycles. The molecule has 0 aliphatic heterocycles. The lowest BCUT2D eigenvalue weighted by Crippen LogP contribution is -2.31. The molecule has 2 N–H and O–H groups in total. The van der Waals surface area contributed by atoms with Crippen LogP contribution in [0.5, 0.6) is 0 Å². The summed E-state index contributed by atoms with van der Waals surface area (Å²) < 4.78 is 26.1. The number of nitrogen functional groups attached to an aromatic ring is 1. The second-order valence-corrected chi connectivity index (χ2v) is 4.11. The summed E-state index contributed by atoms with van der Waals surface area (Å²) in [6, 6.07) is 6.48. The zero-order chi connectivity index (χ0) is 14.7. The van der Waals surface area contributed by atoms with E-state index < -0.39 is 17.5 Å². The molecule has 104 valence electrons. The Hall–Kier alpha value is -2.50. The zero-order valence-electron chi connectivity index (χ0n) is 10.8. The number of carbonyl (C=O) groups is 1. The van der Waals surface area contributed by atoms with Crippen molar-refractivity contribution in [2.45, 2.75) is 6.92 Å². The minimum Gasteiger partial charge on any atom is -0.383 e. The van der Waals surface area contributed by atoms with Gasteiger partial charge in [0.2, 0.25) is 0 Å². The maximum atomic E-state index is 13.2. The lowest BCUT2D eigenvalue weighted by molar-refractivity contribution is 0.0988. The fourth-order valence-corrected chi connectivity index (χ4v) is 1.83. The Morgan fingerprint density at radius 3 is 2.50 bits per heavy atom. The average molecular weight is 277 g/mol. The van der Waals surface area contributed by atoms with Crippen molar-refractivity contribution in [3.8, 4) is 0 Å². The van der Waals surface area contributed by atoms with Gasteiger partial charge >= 0.3 is 0 Å². The standard InChI is InChI=1S/C14H13F2N3O/c1-2-19(11-5-3-9(15)4-6-11)14(20)12-7-10(16)8-18-13(12)17/h3-8H,2H2,1H3,(H2,17,18). The highest BCUT2D eigenvalue weighted by atomic mass is 19.1. The topological polar surface area (TPSA) is 59.2 Å². The van der Waals surface area contributed by atoms with Crippen LogP contribution in [0.1, 0.15) is 17.3 Å². The third-order valence-electron chi connectivity index (χ3n) is 2.82. The maximum Gasteiger partial charge on any atom is 0.262 e. The van der Waals surface area contributed by atoms with Crippen molar-refractivity contribution in [1.29, 1.82) is 0 Å². The molecule has 1 amide bonds. The van der Waals surface area contributed by atoms with Gasteiger partial charge in [0, 0.05) is 12.2 Å². The molecule has 0 unspecified atom stereocenters. The number of rotatable bonds is 3. The molecule has 1 heterocycles. The number of nitrogens with zero attached hydrogens (tertiary/aromatic N) is 2. The van der Waals surface area contributed by atoms with Gasteiger partial charge in [0.05, 0.1) is 11.8 Å². The number of anilines is 2. The Balaban J connectivity index is 2.38. The van der Waals surface area contributed by atoms with Crippen LogP contribution in [0.15, 0.2) is 36.5 Å². The molecule has 0 aliphatic rings. The van der Waals surface area contributed by atoms with Crippen molar-refractivity contribution < 1.29 is 13.6 Å². The molecule has 20 heavy (non-hydrogen) atoms. The monoisotopic (exact) mass is 277 g/mol. The van der Waals surface area contributed by atoms with Crippen LogP contribution in [0.25, 0.3) is 0 Å². The second-order valence-electron chi connectivity index (χ2n) is 4.11. The lowest BCUT2D eigenvalue weighted by Gasteiger charge is -2.21. The summed E-state index contributed by atoms with van der Waals surface area (Å²) in [5.74, 6) is -1.57. The van der Waals surface area contributed by atoms with Crippen molar-refractivity contribution >= 4 is 17.4 Å². The van der Waals surface area contributed by atoms with Crippen LogP contribution in [0, 0.1) is 11.6 Å². The Morgan fingerprint density at radius 1 is 1.25 bits per heavy atom. The summed E-state index contributed by atoms with van der Waals surface area (Å²) in [5, 5.41) is 0. The van der Waals surface area contributed by atoms with Gasteiger partial charge in [-0.15, -0.1) is 0 Å². The second kappa shape index (κ2) is 5.64. The summed E-state index contributed by atoms with van der Waals surface area (Å²) in [7, 11) is 0. The van der Waals surface area contributed by atoms with E-state index in [0.717, 1.165) is 12.3 Å². The Bertz CT molecular complexity index is 629. The minimum absolute atomic E-state index is 0.0174. The van der Waals surface area contributed by atoms with Gasteiger partial charge in [-0.25, -0.2) is 13.8 Å². The van der Waals surface area contributed by atoms with E-state index in [1.165, 1.54) is 29.2 Å². The van der Waals surface area contributed by atoms with Gasteiger partial charge in [-0.05, 0) is 37.3 Å². The first-order valence-electron chi connectivity index (χ1n) is 6.01. The van der Waals surface area contributed by atoms with Gasteiger partial charge in [0.1, 0.15) is 17.5 Å². The molecule has 0 saturated carbocycles. The first-order chi connectivity index (χ1) is 9.52. The molecule has 0 spiro atoms. The fourth-order valence-electron chi connectivity index (χ4n) is 1.83. The predicted molar refractivity (Wildman–Crippen MR) is 72.4 cm³/mol. The number of aromatic nitrogens is 1. The number of carbonyl (C=O) groups excluding carboxylic acids is 1. The number of hydrogen-bond donors (Lipinski definition) is 1. The normalized spacial score (nSPS) is 10.3. The molecule has 0 bridgehead atoms. The predicted octanol–water partition coefficient (Wildman–Crippen LogP) is 2.61. The van der Waals surface area contributed by atoms with Crippen molar-refractivity contribution in [2.24, 2.45) is 0 Å². The van der Waals surface area contributed by atoms with E-state index in [1.54, 1.807) is 6.92 Å². The summed E-state index contributed by atoms with van der Waals surface area (Å²) in [6.07, 6.45) is 0.945. The van der Waals surface area contributed by atoms with Crippen molar-refractivity contribution in [1.82, 2.24) is 4.98 Å². The van der Waals surface area contributed by atoms with Crippen LogP contribution >= 0.6 is 0 Å². The molecule has 0 atom stereocenters. The molecule has 2 aromatic rings. The van der Waals surface area contributed by atoms with Crippen LogP contribution in [0.4, 0.5) is 20.3 Å². The van der Waals surface area contributed by atoms with E-state index in [0.29, 0.717) is 12.2 Å². The van der Waals surface area contributed by atoms with E-state index >= 15 is 0 Å². The Kier molecular flexibility index (Phi) is 3.93. The smallest absolute Gasteiger partial charge is 0.262 e. The van der Waals surface area contributed by atoms with Gasteiger partial charge in [0.25, 0.3) is 5.91 Å². The number of nitrogens with two attached hydrogens (primary N) is 1. The molecular formula is C14H13F2N3O. The summed E-state index contributed by atoms with van der Waals surface area (Å²) in [5.41, 5.74) is 6.08. The highest BCUT2D eigenvalue weighted by Crippen LogP contribution is 2.20. The van der Waals surface area contributed by atoms with Gasteiger partial charge in [-0.2, -0.15) is 0 Å². The van der Waals surface area contributed by atoms with Crippen LogP contribution in [0.2, 0.25) is 0 Å². The number of halogens is 2.